The van der Waals surface area contributed by atoms with Crippen LogP contribution < -0.4 is 31.1 Å². The number of benzene rings is 11. The summed E-state index contributed by atoms with van der Waals surface area (Å²) in [5, 5.41) is 5.00. The van der Waals surface area contributed by atoms with Gasteiger partial charge in [-0.2, -0.15) is 0 Å². The number of hydrogen-bond donors (Lipinski definition) is 0. The Morgan fingerprint density at radius 1 is 0.270 bits per heavy atom. The van der Waals surface area contributed by atoms with E-state index in [4.69, 9.17) is 0 Å². The predicted octanol–water partition coefficient (Wildman–Crippen LogP) is 15.2. The third kappa shape index (κ3) is 5.43. The first kappa shape index (κ1) is 40.1. The smallest absolute Gasteiger partial charge is 0.252 e. The largest absolute Gasteiger partial charge is 0.311 e. The molecule has 0 N–H and O–H groups in total. The van der Waals surface area contributed by atoms with E-state index in [1.807, 2.05) is 0 Å². The number of anilines is 9. The van der Waals surface area contributed by atoms with Crippen molar-refractivity contribution < 1.29 is 0 Å². The topological polar surface area (TPSA) is 19.6 Å². The molecule has 0 aliphatic carbocycles. The van der Waals surface area contributed by atoms with Crippen molar-refractivity contribution in [1.29, 1.82) is 0 Å². The highest BCUT2D eigenvalue weighted by Gasteiger charge is 2.43. The molecular formula is C68H44BN5. The predicted molar refractivity (Wildman–Crippen MR) is 309 cm³/mol. The molecule has 4 aliphatic rings. The Kier molecular flexibility index (Phi) is 8.14. The molecule has 0 atom stereocenters. The third-order valence-electron chi connectivity index (χ3n) is 16.6. The minimum absolute atomic E-state index is 0.0711. The van der Waals surface area contributed by atoms with Crippen LogP contribution in [-0.4, -0.2) is 15.8 Å². The van der Waals surface area contributed by atoms with Crippen LogP contribution in [0.25, 0.3) is 55.0 Å². The van der Waals surface area contributed by atoms with Crippen molar-refractivity contribution in [2.24, 2.45) is 0 Å². The molecule has 6 heterocycles. The fourth-order valence-electron chi connectivity index (χ4n) is 13.6. The van der Waals surface area contributed by atoms with Gasteiger partial charge in [-0.1, -0.05) is 140 Å². The molecule has 0 saturated carbocycles. The average molecular weight is 942 g/mol. The molecule has 74 heavy (non-hydrogen) atoms. The summed E-state index contributed by atoms with van der Waals surface area (Å²) in [7, 11) is 0. The summed E-state index contributed by atoms with van der Waals surface area (Å²) in [6.07, 6.45) is 1.81. The quantitative estimate of drug-likeness (QED) is 0.164. The second-order valence-corrected chi connectivity index (χ2v) is 20.4. The van der Waals surface area contributed by atoms with Crippen LogP contribution in [0.15, 0.2) is 243 Å². The highest BCUT2D eigenvalue weighted by molar-refractivity contribution is 7.00. The Morgan fingerprint density at radius 3 is 1.39 bits per heavy atom. The molecule has 0 amide bonds. The fourth-order valence-corrected chi connectivity index (χ4v) is 13.6. The summed E-state index contributed by atoms with van der Waals surface area (Å²) in [4.78, 5) is 7.56. The molecule has 5 nitrogen and oxygen atoms in total. The summed E-state index contributed by atoms with van der Waals surface area (Å²) in [5.74, 6) is 0. The summed E-state index contributed by atoms with van der Waals surface area (Å²) in [5.41, 5.74) is 27.3. The molecule has 11 aromatic carbocycles. The van der Waals surface area contributed by atoms with E-state index in [1.165, 1.54) is 128 Å². The Balaban J connectivity index is 0.978. The van der Waals surface area contributed by atoms with Gasteiger partial charge >= 0.3 is 0 Å². The molecular weight excluding hydrogens is 898 g/mol. The fraction of sp³-hybridized carbons (Fsp3) is 0.0294. The van der Waals surface area contributed by atoms with Crippen LogP contribution in [0.2, 0.25) is 0 Å². The van der Waals surface area contributed by atoms with Gasteiger partial charge in [0.15, 0.2) is 0 Å². The Labute approximate surface area is 428 Å². The highest BCUT2D eigenvalue weighted by Crippen LogP contribution is 2.50. The van der Waals surface area contributed by atoms with Crippen LogP contribution in [0, 0.1) is 0 Å². The van der Waals surface area contributed by atoms with Gasteiger partial charge in [-0.15, -0.1) is 0 Å². The van der Waals surface area contributed by atoms with Gasteiger partial charge in [0.05, 0.1) is 16.6 Å². The molecule has 4 aliphatic heterocycles. The zero-order valence-corrected chi connectivity index (χ0v) is 40.3. The minimum Gasteiger partial charge on any atom is -0.311 e. The second-order valence-electron chi connectivity index (χ2n) is 20.4. The molecule has 0 spiro atoms. The van der Waals surface area contributed by atoms with E-state index in [1.54, 1.807) is 0 Å². The van der Waals surface area contributed by atoms with Crippen LogP contribution in [0.5, 0.6) is 0 Å². The molecule has 344 valence electrons. The number of rotatable bonds is 4. The van der Waals surface area contributed by atoms with Crippen molar-refractivity contribution in [3.05, 3.63) is 265 Å². The number of aromatic nitrogens is 2. The minimum atomic E-state index is -0.0711. The first-order valence-corrected chi connectivity index (χ1v) is 25.9. The van der Waals surface area contributed by atoms with Crippen LogP contribution in [0.3, 0.4) is 0 Å². The summed E-state index contributed by atoms with van der Waals surface area (Å²) >= 11 is 0. The number of hydrogen-bond acceptors (Lipinski definition) is 3. The molecule has 0 fully saturated rings. The number of fused-ring (bicyclic) bond motifs is 14. The summed E-state index contributed by atoms with van der Waals surface area (Å²) in [6.45, 7) is -0.0711. The maximum absolute atomic E-state index is 2.60. The molecule has 13 aromatic rings. The highest BCUT2D eigenvalue weighted by atomic mass is 15.2. The van der Waals surface area contributed by atoms with Gasteiger partial charge in [0, 0.05) is 102 Å². The van der Waals surface area contributed by atoms with Crippen molar-refractivity contribution >= 4 is 118 Å². The van der Waals surface area contributed by atoms with Crippen LogP contribution in [-0.2, 0) is 12.8 Å². The Hall–Kier alpha value is -9.52. The molecule has 0 radical (unpaired) electrons. The average Bonchev–Trinajstić information content (AvgIpc) is 4.07. The van der Waals surface area contributed by atoms with E-state index >= 15 is 0 Å². The zero-order valence-electron chi connectivity index (χ0n) is 40.3. The van der Waals surface area contributed by atoms with Gasteiger partial charge in [-0.05, 0) is 142 Å². The van der Waals surface area contributed by atoms with Crippen molar-refractivity contribution in [1.82, 2.24) is 9.13 Å². The van der Waals surface area contributed by atoms with E-state index in [2.05, 4.69) is 266 Å². The number of nitrogens with zero attached hydrogens (tertiary/aromatic N) is 5. The zero-order chi connectivity index (χ0) is 48.2. The van der Waals surface area contributed by atoms with Gasteiger partial charge in [-0.25, -0.2) is 0 Å². The normalized spacial score (nSPS) is 13.7. The molecule has 17 rings (SSSR count). The first-order chi connectivity index (χ1) is 36.7. The summed E-state index contributed by atoms with van der Waals surface area (Å²) < 4.78 is 5.05. The van der Waals surface area contributed by atoms with Crippen LogP contribution in [0.4, 0.5) is 51.2 Å². The standard InChI is InChI=1S/C68H44BN5/c1-2-21-47(22-3-1)70-64-31-16-32-65-67(64)69(55-35-33-49(42-66(55)70)72-61-29-14-8-23-51(61)52-24-9-15-30-62(52)72)56-41-50(73-59-27-12-6-19-45(59)38-46-20-7-13-28-60(46)73)40-54-53-39-48(34-36-63(53)74(65)68(54)56)71-57-25-10-4-17-43(57)37-44-18-5-11-26-58(44)71/h1-36,39-42H,37-38H2. The van der Waals surface area contributed by atoms with E-state index in [-0.39, 0.29) is 6.71 Å². The van der Waals surface area contributed by atoms with Crippen molar-refractivity contribution in [3.63, 3.8) is 0 Å². The maximum atomic E-state index is 2.60. The van der Waals surface area contributed by atoms with Gasteiger partial charge in [-0.3, -0.25) is 0 Å². The molecule has 6 heteroatoms. The lowest BCUT2D eigenvalue weighted by atomic mass is 9.33. The van der Waals surface area contributed by atoms with Crippen molar-refractivity contribution in [2.75, 3.05) is 14.7 Å². The first-order valence-electron chi connectivity index (χ1n) is 25.9. The molecule has 0 bridgehead atoms. The lowest BCUT2D eigenvalue weighted by Crippen LogP contribution is -2.60. The van der Waals surface area contributed by atoms with Crippen molar-refractivity contribution in [3.8, 4) is 11.4 Å². The van der Waals surface area contributed by atoms with Gasteiger partial charge < -0.3 is 23.8 Å². The van der Waals surface area contributed by atoms with E-state index < -0.39 is 0 Å². The molecule has 0 saturated heterocycles. The summed E-state index contributed by atoms with van der Waals surface area (Å²) in [6, 6.07) is 91.1. The van der Waals surface area contributed by atoms with E-state index in [9.17, 15) is 0 Å². The van der Waals surface area contributed by atoms with Gasteiger partial charge in [0.25, 0.3) is 6.71 Å². The number of para-hydroxylation sites is 7. The lowest BCUT2D eigenvalue weighted by Gasteiger charge is -2.41. The maximum Gasteiger partial charge on any atom is 0.252 e. The van der Waals surface area contributed by atoms with E-state index in [0.29, 0.717) is 0 Å². The van der Waals surface area contributed by atoms with Gasteiger partial charge in [0.1, 0.15) is 0 Å². The SMILES string of the molecule is c1ccc(N2c3cc(-n4c5ccccc5c5ccccc54)ccc3B3c4c2cccc4-n2c4ccc(N5c6ccccc6Cc6ccccc65)cc4c4cc(N5c6ccccc6Cc6ccccc65)cc3c42)cc1. The van der Waals surface area contributed by atoms with Gasteiger partial charge in [0.2, 0.25) is 0 Å². The Morgan fingerprint density at radius 2 is 0.757 bits per heavy atom. The molecule has 0 unspecified atom stereocenters. The molecule has 2 aromatic heterocycles. The Bertz CT molecular complexity index is 4400. The third-order valence-corrected chi connectivity index (χ3v) is 16.6. The monoisotopic (exact) mass is 941 g/mol. The van der Waals surface area contributed by atoms with Crippen LogP contribution >= 0.6 is 0 Å². The van der Waals surface area contributed by atoms with E-state index in [0.717, 1.165) is 29.9 Å². The lowest BCUT2D eigenvalue weighted by molar-refractivity contribution is 1.09. The van der Waals surface area contributed by atoms with Crippen LogP contribution in [0.1, 0.15) is 22.3 Å². The second kappa shape index (κ2) is 15.0. The van der Waals surface area contributed by atoms with Crippen molar-refractivity contribution in [2.45, 2.75) is 12.8 Å².